The summed E-state index contributed by atoms with van der Waals surface area (Å²) in [6.45, 7) is 1.50. The van der Waals surface area contributed by atoms with Crippen molar-refractivity contribution in [1.82, 2.24) is 9.80 Å². The molecular weight excluding hydrogens is 364 g/mol. The van der Waals surface area contributed by atoms with Gasteiger partial charge in [0.25, 0.3) is 0 Å². The second-order valence-electron chi connectivity index (χ2n) is 7.93. The summed E-state index contributed by atoms with van der Waals surface area (Å²) in [6, 6.07) is 16.8. The minimum atomic E-state index is -0.0604. The molecule has 0 bridgehead atoms. The van der Waals surface area contributed by atoms with Crippen LogP contribution in [0.5, 0.6) is 0 Å². The summed E-state index contributed by atoms with van der Waals surface area (Å²) >= 11 is 0. The number of nitrogens with zero attached hydrogens (tertiary/aromatic N) is 2. The molecule has 2 aliphatic heterocycles. The molecule has 0 atom stereocenters. The molecule has 0 radical (unpaired) electrons. The van der Waals surface area contributed by atoms with Crippen LogP contribution in [0, 0.1) is 0 Å². The zero-order chi connectivity index (χ0) is 20.2. The van der Waals surface area contributed by atoms with Crippen molar-refractivity contribution in [2.45, 2.75) is 38.6 Å². The monoisotopic (exact) mass is 390 g/mol. The Bertz CT molecular complexity index is 913. The molecule has 0 unspecified atom stereocenters. The van der Waals surface area contributed by atoms with Gasteiger partial charge in [-0.1, -0.05) is 48.5 Å². The summed E-state index contributed by atoms with van der Waals surface area (Å²) in [6.07, 6.45) is 2.83. The third-order valence-electron chi connectivity index (χ3n) is 5.84. The maximum atomic E-state index is 12.7. The van der Waals surface area contributed by atoms with Crippen LogP contribution in [0.4, 0.5) is 0 Å². The van der Waals surface area contributed by atoms with Crippen LogP contribution in [0.25, 0.3) is 0 Å². The second kappa shape index (κ2) is 8.60. The highest BCUT2D eigenvalue weighted by Gasteiger charge is 2.26. The fraction of sp³-hybridized carbons (Fsp3) is 0.375. The van der Waals surface area contributed by atoms with Gasteiger partial charge in [0.15, 0.2) is 0 Å². The Labute approximate surface area is 171 Å². The van der Waals surface area contributed by atoms with E-state index in [-0.39, 0.29) is 24.1 Å². The summed E-state index contributed by atoms with van der Waals surface area (Å²) in [7, 11) is 0. The Hall–Kier alpha value is -2.95. The van der Waals surface area contributed by atoms with E-state index in [1.54, 1.807) is 9.80 Å². The van der Waals surface area contributed by atoms with Gasteiger partial charge >= 0.3 is 0 Å². The van der Waals surface area contributed by atoms with E-state index in [0.29, 0.717) is 45.3 Å². The molecule has 2 aliphatic rings. The highest BCUT2D eigenvalue weighted by atomic mass is 16.2. The first kappa shape index (κ1) is 19.4. The Morgan fingerprint density at radius 1 is 0.828 bits per heavy atom. The lowest BCUT2D eigenvalue weighted by Gasteiger charge is -2.29. The van der Waals surface area contributed by atoms with Gasteiger partial charge in [-0.05, 0) is 35.1 Å². The maximum absolute atomic E-state index is 12.7. The number of aryl methyl sites for hydroxylation is 1. The Balaban J connectivity index is 1.47. The Morgan fingerprint density at radius 2 is 1.59 bits per heavy atom. The topological polar surface area (TPSA) is 57.7 Å². The normalized spacial score (nSPS) is 17.1. The molecule has 0 saturated carbocycles. The van der Waals surface area contributed by atoms with E-state index in [9.17, 15) is 14.4 Å². The van der Waals surface area contributed by atoms with Gasteiger partial charge in [-0.3, -0.25) is 14.4 Å². The average molecular weight is 390 g/mol. The van der Waals surface area contributed by atoms with Crippen LogP contribution < -0.4 is 0 Å². The molecule has 1 fully saturated rings. The number of carbonyl (C=O) groups is 3. The summed E-state index contributed by atoms with van der Waals surface area (Å²) in [4.78, 5) is 40.1. The molecule has 0 aromatic heterocycles. The van der Waals surface area contributed by atoms with Gasteiger partial charge in [0, 0.05) is 38.9 Å². The van der Waals surface area contributed by atoms with Crippen molar-refractivity contribution in [3.05, 3.63) is 70.8 Å². The minimum Gasteiger partial charge on any atom is -0.340 e. The zero-order valence-electron chi connectivity index (χ0n) is 16.6. The molecule has 150 valence electrons. The number of hydrogen-bond acceptors (Lipinski definition) is 3. The lowest BCUT2D eigenvalue weighted by atomic mass is 9.97. The van der Waals surface area contributed by atoms with Crippen LogP contribution in [-0.4, -0.2) is 47.0 Å². The number of fused-ring (bicyclic) bond motifs is 1. The average Bonchev–Trinajstić information content (AvgIpc) is 2.88. The first-order valence-corrected chi connectivity index (χ1v) is 10.3. The number of Topliss-reactive ketones (excluding diaryl/α,β-unsaturated/α-hetero) is 1. The number of carbonyl (C=O) groups excluding carboxylic acids is 3. The molecule has 29 heavy (non-hydrogen) atoms. The van der Waals surface area contributed by atoms with Gasteiger partial charge in [0.2, 0.25) is 11.8 Å². The molecule has 0 spiro atoms. The summed E-state index contributed by atoms with van der Waals surface area (Å²) < 4.78 is 0. The summed E-state index contributed by atoms with van der Waals surface area (Å²) in [5.74, 6) is 0.168. The summed E-state index contributed by atoms with van der Waals surface area (Å²) in [5, 5.41) is 0. The van der Waals surface area contributed by atoms with Crippen molar-refractivity contribution in [3.63, 3.8) is 0 Å². The lowest BCUT2D eigenvalue weighted by molar-refractivity contribution is -0.142. The van der Waals surface area contributed by atoms with Crippen LogP contribution >= 0.6 is 0 Å². The molecule has 0 aliphatic carbocycles. The minimum absolute atomic E-state index is 0.0206. The van der Waals surface area contributed by atoms with Crippen molar-refractivity contribution in [3.8, 4) is 0 Å². The van der Waals surface area contributed by atoms with E-state index in [0.717, 1.165) is 12.0 Å². The number of likely N-dealkylation sites (tertiary alicyclic amines) is 1. The SMILES string of the molecule is O=C1CCN(C(=O)CN2Cc3cc(Cc4ccccc4)ccc3CCC2=O)CC1. The summed E-state index contributed by atoms with van der Waals surface area (Å²) in [5.41, 5.74) is 4.79. The van der Waals surface area contributed by atoms with Crippen LogP contribution in [-0.2, 0) is 33.8 Å². The number of rotatable bonds is 4. The number of benzene rings is 2. The number of hydrogen-bond donors (Lipinski definition) is 0. The van der Waals surface area contributed by atoms with Gasteiger partial charge in [0.1, 0.15) is 12.3 Å². The predicted octanol–water partition coefficient (Wildman–Crippen LogP) is 2.74. The van der Waals surface area contributed by atoms with E-state index in [1.165, 1.54) is 16.7 Å². The molecule has 4 rings (SSSR count). The van der Waals surface area contributed by atoms with Crippen molar-refractivity contribution >= 4 is 17.6 Å². The highest BCUT2D eigenvalue weighted by molar-refractivity contribution is 5.87. The zero-order valence-corrected chi connectivity index (χ0v) is 16.6. The van der Waals surface area contributed by atoms with E-state index >= 15 is 0 Å². The fourth-order valence-corrected chi connectivity index (χ4v) is 4.12. The Kier molecular flexibility index (Phi) is 5.74. The molecule has 0 N–H and O–H groups in total. The lowest BCUT2D eigenvalue weighted by Crippen LogP contribution is -2.45. The van der Waals surface area contributed by atoms with Crippen molar-refractivity contribution < 1.29 is 14.4 Å². The molecule has 5 heteroatoms. The van der Waals surface area contributed by atoms with Crippen LogP contribution in [0.3, 0.4) is 0 Å². The van der Waals surface area contributed by atoms with E-state index in [1.807, 2.05) is 18.2 Å². The van der Waals surface area contributed by atoms with E-state index in [4.69, 9.17) is 0 Å². The molecule has 2 aromatic carbocycles. The van der Waals surface area contributed by atoms with Crippen LogP contribution in [0.1, 0.15) is 41.5 Å². The highest BCUT2D eigenvalue weighted by Crippen LogP contribution is 2.22. The van der Waals surface area contributed by atoms with Crippen molar-refractivity contribution in [1.29, 1.82) is 0 Å². The van der Waals surface area contributed by atoms with E-state index < -0.39 is 0 Å². The van der Waals surface area contributed by atoms with Gasteiger partial charge in [-0.2, -0.15) is 0 Å². The maximum Gasteiger partial charge on any atom is 0.242 e. The molecule has 2 amide bonds. The first-order valence-electron chi connectivity index (χ1n) is 10.3. The first-order chi connectivity index (χ1) is 14.1. The van der Waals surface area contributed by atoms with E-state index in [2.05, 4.69) is 30.3 Å². The fourth-order valence-electron chi connectivity index (χ4n) is 4.12. The molecule has 2 aromatic rings. The molecule has 1 saturated heterocycles. The third kappa shape index (κ3) is 4.73. The number of ketones is 1. The standard InChI is InChI=1S/C24H26N2O3/c27-22-10-12-25(13-11-22)24(29)17-26-16-21-15-19(14-18-4-2-1-3-5-18)6-7-20(21)8-9-23(26)28/h1-7,15H,8-14,16-17H2. The quantitative estimate of drug-likeness (QED) is 0.807. The second-order valence-corrected chi connectivity index (χ2v) is 7.93. The molecular formula is C24H26N2O3. The van der Waals surface area contributed by atoms with Crippen molar-refractivity contribution in [2.75, 3.05) is 19.6 Å². The van der Waals surface area contributed by atoms with Crippen LogP contribution in [0.2, 0.25) is 0 Å². The van der Waals surface area contributed by atoms with Gasteiger partial charge in [-0.15, -0.1) is 0 Å². The largest absolute Gasteiger partial charge is 0.340 e. The van der Waals surface area contributed by atoms with Gasteiger partial charge in [-0.25, -0.2) is 0 Å². The Morgan fingerprint density at radius 3 is 2.34 bits per heavy atom. The predicted molar refractivity (Wildman–Crippen MR) is 110 cm³/mol. The smallest absolute Gasteiger partial charge is 0.242 e. The van der Waals surface area contributed by atoms with Crippen LogP contribution in [0.15, 0.2) is 48.5 Å². The molecule has 2 heterocycles. The van der Waals surface area contributed by atoms with Gasteiger partial charge in [0.05, 0.1) is 0 Å². The van der Waals surface area contributed by atoms with Crippen molar-refractivity contribution in [2.24, 2.45) is 0 Å². The number of amides is 2. The molecule has 5 nitrogen and oxygen atoms in total. The van der Waals surface area contributed by atoms with Gasteiger partial charge < -0.3 is 9.80 Å². The third-order valence-corrected chi connectivity index (χ3v) is 5.84. The number of piperidine rings is 1.